The number of rotatable bonds is 6. The van der Waals surface area contributed by atoms with Crippen LogP contribution in [-0.2, 0) is 9.63 Å². The molecule has 0 aliphatic rings. The molecule has 3 heteroatoms. The molecule has 0 bridgehead atoms. The van der Waals surface area contributed by atoms with E-state index in [1.54, 1.807) is 0 Å². The molecule has 0 heterocycles. The topological polar surface area (TPSA) is 29.5 Å². The van der Waals surface area contributed by atoms with E-state index < -0.39 is 0 Å². The Kier molecular flexibility index (Phi) is 5.84. The summed E-state index contributed by atoms with van der Waals surface area (Å²) >= 11 is 0. The van der Waals surface area contributed by atoms with E-state index in [0.29, 0.717) is 31.9 Å². The van der Waals surface area contributed by atoms with E-state index in [-0.39, 0.29) is 0 Å². The molecule has 0 rings (SSSR count). The third-order valence-corrected chi connectivity index (χ3v) is 1.07. The van der Waals surface area contributed by atoms with Gasteiger partial charge in [0, 0.05) is 6.54 Å². The Bertz CT molecular complexity index is 104. The van der Waals surface area contributed by atoms with Gasteiger partial charge in [-0.15, -0.1) is 0 Å². The smallest absolute Gasteiger partial charge is 0.233 e. The standard InChI is InChI=1S/C8H16NO2/c1-4-5-9(7-10)11-6-8(2)3/h7-8H,1,4-6H2,2-3H3. The summed E-state index contributed by atoms with van der Waals surface area (Å²) in [5, 5.41) is 1.28. The Morgan fingerprint density at radius 2 is 2.27 bits per heavy atom. The van der Waals surface area contributed by atoms with Crippen molar-refractivity contribution in [1.82, 2.24) is 5.06 Å². The lowest BCUT2D eigenvalue weighted by Gasteiger charge is -2.16. The SMILES string of the molecule is [CH2]CCN(C=O)OCC(C)C. The van der Waals surface area contributed by atoms with E-state index in [1.807, 2.05) is 13.8 Å². The van der Waals surface area contributed by atoms with Crippen LogP contribution in [0.5, 0.6) is 0 Å². The van der Waals surface area contributed by atoms with Gasteiger partial charge >= 0.3 is 0 Å². The quantitative estimate of drug-likeness (QED) is 0.430. The van der Waals surface area contributed by atoms with Gasteiger partial charge < -0.3 is 0 Å². The maximum absolute atomic E-state index is 10.3. The van der Waals surface area contributed by atoms with Crippen LogP contribution >= 0.6 is 0 Å². The van der Waals surface area contributed by atoms with Gasteiger partial charge in [-0.25, -0.2) is 5.06 Å². The number of hydrogen-bond donors (Lipinski definition) is 0. The van der Waals surface area contributed by atoms with E-state index in [9.17, 15) is 4.79 Å². The van der Waals surface area contributed by atoms with Crippen molar-refractivity contribution in [2.75, 3.05) is 13.2 Å². The van der Waals surface area contributed by atoms with Gasteiger partial charge in [0.1, 0.15) is 0 Å². The third kappa shape index (κ3) is 5.85. The highest BCUT2D eigenvalue weighted by atomic mass is 16.7. The molecule has 0 aromatic carbocycles. The number of hydroxylamine groups is 2. The molecule has 0 saturated heterocycles. The second kappa shape index (κ2) is 6.16. The van der Waals surface area contributed by atoms with Crippen molar-refractivity contribution in [1.29, 1.82) is 0 Å². The summed E-state index contributed by atoms with van der Waals surface area (Å²) in [7, 11) is 0. The van der Waals surface area contributed by atoms with Gasteiger partial charge in [-0.3, -0.25) is 9.63 Å². The summed E-state index contributed by atoms with van der Waals surface area (Å²) in [6.07, 6.45) is 1.37. The number of carbonyl (C=O) groups excluding carboxylic acids is 1. The average Bonchev–Trinajstić information content (AvgIpc) is 1.97. The van der Waals surface area contributed by atoms with Crippen molar-refractivity contribution in [3.05, 3.63) is 6.92 Å². The van der Waals surface area contributed by atoms with Crippen LogP contribution in [0.2, 0.25) is 0 Å². The molecule has 0 N–H and O–H groups in total. The highest BCUT2D eigenvalue weighted by molar-refractivity contribution is 5.44. The van der Waals surface area contributed by atoms with E-state index in [4.69, 9.17) is 4.84 Å². The molecule has 0 aromatic heterocycles. The maximum atomic E-state index is 10.3. The normalized spacial score (nSPS) is 10.2. The van der Waals surface area contributed by atoms with Gasteiger partial charge in [0.25, 0.3) is 0 Å². The van der Waals surface area contributed by atoms with Gasteiger partial charge in [-0.2, -0.15) is 0 Å². The molecule has 1 radical (unpaired) electrons. The largest absolute Gasteiger partial charge is 0.276 e. The number of carbonyl (C=O) groups is 1. The van der Waals surface area contributed by atoms with Crippen molar-refractivity contribution < 1.29 is 9.63 Å². The van der Waals surface area contributed by atoms with Crippen molar-refractivity contribution in [2.45, 2.75) is 20.3 Å². The van der Waals surface area contributed by atoms with E-state index in [1.165, 1.54) is 5.06 Å². The summed E-state index contributed by atoms with van der Waals surface area (Å²) in [4.78, 5) is 15.4. The molecule has 0 fully saturated rings. The highest BCUT2D eigenvalue weighted by Crippen LogP contribution is 1.95. The Labute approximate surface area is 68.3 Å². The van der Waals surface area contributed by atoms with Crippen molar-refractivity contribution in [3.8, 4) is 0 Å². The minimum Gasteiger partial charge on any atom is -0.276 e. The van der Waals surface area contributed by atoms with Crippen molar-refractivity contribution in [3.63, 3.8) is 0 Å². The summed E-state index contributed by atoms with van der Waals surface area (Å²) in [5.41, 5.74) is 0. The first kappa shape index (κ1) is 10.4. The first-order valence-electron chi connectivity index (χ1n) is 3.84. The molecule has 65 valence electrons. The fraction of sp³-hybridized carbons (Fsp3) is 0.750. The summed E-state index contributed by atoms with van der Waals surface area (Å²) in [6, 6.07) is 0. The zero-order chi connectivity index (χ0) is 8.69. The fourth-order valence-corrected chi connectivity index (χ4v) is 0.548. The lowest BCUT2D eigenvalue weighted by Crippen LogP contribution is -2.25. The van der Waals surface area contributed by atoms with Crippen LogP contribution in [-0.4, -0.2) is 24.6 Å². The van der Waals surface area contributed by atoms with E-state index >= 15 is 0 Å². The fourth-order valence-electron chi connectivity index (χ4n) is 0.548. The number of nitrogens with zero attached hydrogens (tertiary/aromatic N) is 1. The molecule has 1 amide bonds. The second-order valence-electron chi connectivity index (χ2n) is 2.79. The van der Waals surface area contributed by atoms with Crippen LogP contribution < -0.4 is 0 Å². The number of hydrogen-bond acceptors (Lipinski definition) is 2. The van der Waals surface area contributed by atoms with Gasteiger partial charge in [-0.05, 0) is 12.3 Å². The predicted molar refractivity (Wildman–Crippen MR) is 43.5 cm³/mol. The van der Waals surface area contributed by atoms with Crippen molar-refractivity contribution >= 4 is 6.41 Å². The van der Waals surface area contributed by atoms with Gasteiger partial charge in [0.05, 0.1) is 6.61 Å². The summed E-state index contributed by atoms with van der Waals surface area (Å²) in [5.74, 6) is 0.447. The molecule has 0 aliphatic heterocycles. The summed E-state index contributed by atoms with van der Waals surface area (Å²) in [6.45, 7) is 8.84. The van der Waals surface area contributed by atoms with Crippen LogP contribution in [0.25, 0.3) is 0 Å². The third-order valence-electron chi connectivity index (χ3n) is 1.07. The van der Waals surface area contributed by atoms with Crippen LogP contribution in [0.15, 0.2) is 0 Å². The number of amides is 1. The van der Waals surface area contributed by atoms with Gasteiger partial charge in [0.2, 0.25) is 6.41 Å². The molecule has 0 aliphatic carbocycles. The minimum atomic E-state index is 0.447. The Morgan fingerprint density at radius 1 is 1.64 bits per heavy atom. The van der Waals surface area contributed by atoms with E-state index in [2.05, 4.69) is 6.92 Å². The molecule has 0 spiro atoms. The molecule has 0 atom stereocenters. The first-order chi connectivity index (χ1) is 5.20. The molecule has 11 heavy (non-hydrogen) atoms. The first-order valence-corrected chi connectivity index (χ1v) is 3.84. The minimum absolute atomic E-state index is 0.447. The zero-order valence-electron chi connectivity index (χ0n) is 7.25. The molecule has 0 unspecified atom stereocenters. The molecule has 0 saturated carbocycles. The average molecular weight is 158 g/mol. The van der Waals surface area contributed by atoms with Crippen LogP contribution in [0.3, 0.4) is 0 Å². The van der Waals surface area contributed by atoms with Gasteiger partial charge in [0.15, 0.2) is 0 Å². The Balaban J connectivity index is 3.43. The maximum Gasteiger partial charge on any atom is 0.233 e. The monoisotopic (exact) mass is 158 g/mol. The molecular weight excluding hydrogens is 142 g/mol. The van der Waals surface area contributed by atoms with Crippen molar-refractivity contribution in [2.24, 2.45) is 5.92 Å². The lowest BCUT2D eigenvalue weighted by molar-refractivity contribution is -0.175. The van der Waals surface area contributed by atoms with Crippen LogP contribution in [0.1, 0.15) is 20.3 Å². The highest BCUT2D eigenvalue weighted by Gasteiger charge is 2.01. The summed E-state index contributed by atoms with van der Waals surface area (Å²) < 4.78 is 0. The molecule has 3 nitrogen and oxygen atoms in total. The lowest BCUT2D eigenvalue weighted by atomic mass is 10.2. The van der Waals surface area contributed by atoms with E-state index in [0.717, 1.165) is 0 Å². The Morgan fingerprint density at radius 3 is 2.64 bits per heavy atom. The van der Waals surface area contributed by atoms with Crippen LogP contribution in [0.4, 0.5) is 0 Å². The second-order valence-corrected chi connectivity index (χ2v) is 2.79. The molecular formula is C8H16NO2. The van der Waals surface area contributed by atoms with Crippen LogP contribution in [0, 0.1) is 12.8 Å². The zero-order valence-corrected chi connectivity index (χ0v) is 7.25. The Hall–Kier alpha value is -0.570. The predicted octanol–water partition coefficient (Wildman–Crippen LogP) is 1.26. The molecule has 0 aromatic rings. The van der Waals surface area contributed by atoms with Gasteiger partial charge in [-0.1, -0.05) is 20.8 Å².